The molecule has 0 amide bonds. The molecule has 1 N–H and O–H groups in total. The quantitative estimate of drug-likeness (QED) is 0.541. The van der Waals surface area contributed by atoms with Crippen LogP contribution in [0.2, 0.25) is 0 Å². The Morgan fingerprint density at radius 2 is 1.53 bits per heavy atom. The number of para-hydroxylation sites is 1. The molecular formula is C25H22N3O2-. The largest absolute Gasteiger partial charge is 0.545 e. The minimum Gasteiger partial charge on any atom is -0.545 e. The van der Waals surface area contributed by atoms with Crippen LogP contribution in [0.3, 0.4) is 0 Å². The Bertz CT molecular complexity index is 1210. The zero-order chi connectivity index (χ0) is 21.3. The van der Waals surface area contributed by atoms with Gasteiger partial charge in [-0.05, 0) is 40.8 Å². The molecule has 0 spiro atoms. The number of carboxylic acids is 1. The van der Waals surface area contributed by atoms with Crippen molar-refractivity contribution in [3.8, 4) is 11.4 Å². The molecule has 0 atom stereocenters. The van der Waals surface area contributed by atoms with Crippen molar-refractivity contribution >= 4 is 28.4 Å². The molecule has 0 aliphatic rings. The Labute approximate surface area is 175 Å². The van der Waals surface area contributed by atoms with Gasteiger partial charge in [-0.25, -0.2) is 9.97 Å². The van der Waals surface area contributed by atoms with Crippen molar-refractivity contribution in [2.24, 2.45) is 0 Å². The molecule has 4 rings (SSSR count). The van der Waals surface area contributed by atoms with Crippen LogP contribution in [0.15, 0.2) is 72.8 Å². The van der Waals surface area contributed by atoms with Gasteiger partial charge in [0, 0.05) is 16.6 Å². The number of aromatic carboxylic acids is 1. The Morgan fingerprint density at radius 3 is 2.17 bits per heavy atom. The zero-order valence-electron chi connectivity index (χ0n) is 17.1. The van der Waals surface area contributed by atoms with E-state index in [9.17, 15) is 9.90 Å². The first-order valence-corrected chi connectivity index (χ1v) is 9.77. The molecule has 3 aromatic carbocycles. The third kappa shape index (κ3) is 4.01. The first kappa shape index (κ1) is 19.6. The minimum absolute atomic E-state index is 0.0765. The first-order valence-electron chi connectivity index (χ1n) is 9.77. The maximum absolute atomic E-state index is 11.0. The van der Waals surface area contributed by atoms with Crippen LogP contribution in [0.25, 0.3) is 22.3 Å². The van der Waals surface area contributed by atoms with Gasteiger partial charge in [0.05, 0.1) is 11.5 Å². The average molecular weight is 396 g/mol. The summed E-state index contributed by atoms with van der Waals surface area (Å²) >= 11 is 0. The molecule has 4 aromatic rings. The van der Waals surface area contributed by atoms with E-state index >= 15 is 0 Å². The van der Waals surface area contributed by atoms with Crippen molar-refractivity contribution in [1.29, 1.82) is 0 Å². The first-order chi connectivity index (χ1) is 14.3. The van der Waals surface area contributed by atoms with Crippen LogP contribution < -0.4 is 10.4 Å². The van der Waals surface area contributed by atoms with E-state index in [4.69, 9.17) is 9.97 Å². The molecule has 0 radical (unpaired) electrons. The van der Waals surface area contributed by atoms with Crippen LogP contribution in [-0.4, -0.2) is 15.9 Å². The van der Waals surface area contributed by atoms with E-state index in [1.54, 1.807) is 12.1 Å². The van der Waals surface area contributed by atoms with E-state index < -0.39 is 5.97 Å². The van der Waals surface area contributed by atoms with Crippen molar-refractivity contribution in [2.45, 2.75) is 26.2 Å². The fourth-order valence-electron chi connectivity index (χ4n) is 3.25. The van der Waals surface area contributed by atoms with E-state index in [-0.39, 0.29) is 11.0 Å². The molecule has 150 valence electrons. The van der Waals surface area contributed by atoms with Gasteiger partial charge in [0.25, 0.3) is 0 Å². The summed E-state index contributed by atoms with van der Waals surface area (Å²) in [7, 11) is 0. The van der Waals surface area contributed by atoms with Gasteiger partial charge in [-0.15, -0.1) is 0 Å². The number of benzene rings is 3. The maximum Gasteiger partial charge on any atom is 0.162 e. The van der Waals surface area contributed by atoms with Gasteiger partial charge in [-0.3, -0.25) is 0 Å². The van der Waals surface area contributed by atoms with Gasteiger partial charge in [-0.2, -0.15) is 0 Å². The third-order valence-electron chi connectivity index (χ3n) is 5.00. The number of carboxylic acid groups (broad SMARTS) is 1. The van der Waals surface area contributed by atoms with Crippen molar-refractivity contribution in [3.05, 3.63) is 83.9 Å². The van der Waals surface area contributed by atoms with Gasteiger partial charge < -0.3 is 15.2 Å². The molecule has 0 aliphatic heterocycles. The molecular weight excluding hydrogens is 374 g/mol. The van der Waals surface area contributed by atoms with E-state index in [0.29, 0.717) is 11.6 Å². The number of hydrogen-bond acceptors (Lipinski definition) is 5. The van der Waals surface area contributed by atoms with Crippen molar-refractivity contribution in [2.75, 3.05) is 5.32 Å². The lowest BCUT2D eigenvalue weighted by molar-refractivity contribution is -0.255. The highest BCUT2D eigenvalue weighted by molar-refractivity contribution is 5.92. The molecule has 0 bridgehead atoms. The van der Waals surface area contributed by atoms with Gasteiger partial charge in [-0.1, -0.05) is 69.3 Å². The highest BCUT2D eigenvalue weighted by atomic mass is 16.4. The number of carbonyl (C=O) groups is 1. The molecule has 5 heteroatoms. The topological polar surface area (TPSA) is 77.9 Å². The molecule has 0 saturated carbocycles. The fraction of sp³-hybridized carbons (Fsp3) is 0.160. The summed E-state index contributed by atoms with van der Waals surface area (Å²) in [5.41, 5.74) is 3.96. The number of nitrogens with zero attached hydrogens (tertiary/aromatic N) is 2. The second-order valence-corrected chi connectivity index (χ2v) is 8.23. The Morgan fingerprint density at radius 1 is 0.867 bits per heavy atom. The summed E-state index contributed by atoms with van der Waals surface area (Å²) in [6, 6.07) is 22.5. The SMILES string of the molecule is CC(C)(C)c1ccc(-c2nc(Nc3ccc(C(=O)[O-])cc3)c3ccccc3n2)cc1. The number of hydrogen-bond donors (Lipinski definition) is 1. The molecule has 0 fully saturated rings. The van der Waals surface area contributed by atoms with E-state index in [1.165, 1.54) is 17.7 Å². The summed E-state index contributed by atoms with van der Waals surface area (Å²) in [5, 5.41) is 15.2. The second-order valence-electron chi connectivity index (χ2n) is 8.23. The molecule has 5 nitrogen and oxygen atoms in total. The smallest absolute Gasteiger partial charge is 0.162 e. The lowest BCUT2D eigenvalue weighted by atomic mass is 9.87. The number of fused-ring (bicyclic) bond motifs is 1. The van der Waals surface area contributed by atoms with Crippen LogP contribution in [0, 0.1) is 0 Å². The van der Waals surface area contributed by atoms with Gasteiger partial charge in [0.1, 0.15) is 5.82 Å². The Balaban J connectivity index is 1.75. The summed E-state index contributed by atoms with van der Waals surface area (Å²) in [6.45, 7) is 6.55. The minimum atomic E-state index is -1.20. The predicted octanol–water partition coefficient (Wildman–Crippen LogP) is 4.70. The van der Waals surface area contributed by atoms with E-state index in [1.807, 2.05) is 36.4 Å². The number of aromatic nitrogens is 2. The van der Waals surface area contributed by atoms with Gasteiger partial charge >= 0.3 is 0 Å². The third-order valence-corrected chi connectivity index (χ3v) is 5.00. The molecule has 30 heavy (non-hydrogen) atoms. The molecule has 1 aromatic heterocycles. The number of anilines is 2. The monoisotopic (exact) mass is 396 g/mol. The van der Waals surface area contributed by atoms with Gasteiger partial charge in [0.2, 0.25) is 0 Å². The summed E-state index contributed by atoms with van der Waals surface area (Å²) in [6.07, 6.45) is 0. The molecule has 0 saturated heterocycles. The number of carbonyl (C=O) groups excluding carboxylic acids is 1. The molecule has 0 unspecified atom stereocenters. The average Bonchev–Trinajstić information content (AvgIpc) is 2.73. The Kier molecular flexibility index (Phi) is 4.96. The normalized spacial score (nSPS) is 11.4. The van der Waals surface area contributed by atoms with Crippen LogP contribution in [0.1, 0.15) is 36.7 Å². The molecule has 1 heterocycles. The van der Waals surface area contributed by atoms with Crippen LogP contribution in [-0.2, 0) is 5.41 Å². The maximum atomic E-state index is 11.0. The second kappa shape index (κ2) is 7.59. The lowest BCUT2D eigenvalue weighted by Crippen LogP contribution is -2.21. The fourth-order valence-corrected chi connectivity index (χ4v) is 3.25. The summed E-state index contributed by atoms with van der Waals surface area (Å²) in [4.78, 5) is 20.5. The van der Waals surface area contributed by atoms with Crippen molar-refractivity contribution < 1.29 is 9.90 Å². The standard InChI is InChI=1S/C25H23N3O2/c1-25(2,3)18-12-8-16(9-13-18)22-27-21-7-5-4-6-20(21)23(28-22)26-19-14-10-17(11-15-19)24(29)30/h4-15H,1-3H3,(H,29,30)(H,26,27,28)/p-1. The Hall–Kier alpha value is -3.73. The van der Waals surface area contributed by atoms with E-state index in [0.717, 1.165) is 22.2 Å². The van der Waals surface area contributed by atoms with Crippen LogP contribution in [0.5, 0.6) is 0 Å². The molecule has 0 aliphatic carbocycles. The van der Waals surface area contributed by atoms with Crippen molar-refractivity contribution in [1.82, 2.24) is 9.97 Å². The van der Waals surface area contributed by atoms with Gasteiger partial charge in [0.15, 0.2) is 5.82 Å². The number of rotatable bonds is 4. The van der Waals surface area contributed by atoms with Crippen molar-refractivity contribution in [3.63, 3.8) is 0 Å². The predicted molar refractivity (Wildman–Crippen MR) is 118 cm³/mol. The summed E-state index contributed by atoms with van der Waals surface area (Å²) in [5.74, 6) is 0.0924. The zero-order valence-corrected chi connectivity index (χ0v) is 17.1. The van der Waals surface area contributed by atoms with E-state index in [2.05, 4.69) is 38.2 Å². The number of nitrogens with one attached hydrogen (secondary N) is 1. The lowest BCUT2D eigenvalue weighted by Gasteiger charge is -2.19. The summed E-state index contributed by atoms with van der Waals surface area (Å²) < 4.78 is 0. The van der Waals surface area contributed by atoms with Crippen LogP contribution >= 0.6 is 0 Å². The highest BCUT2D eigenvalue weighted by Gasteiger charge is 2.14. The highest BCUT2D eigenvalue weighted by Crippen LogP contribution is 2.29. The van der Waals surface area contributed by atoms with Crippen LogP contribution in [0.4, 0.5) is 11.5 Å².